The maximum Gasteiger partial charge on any atom is 0.262 e. The summed E-state index contributed by atoms with van der Waals surface area (Å²) >= 11 is 5.61. The fourth-order valence-corrected chi connectivity index (χ4v) is 3.79. The van der Waals surface area contributed by atoms with Crippen LogP contribution in [0, 0.1) is 25.5 Å². The molecule has 0 saturated carbocycles. The average molecular weight is 332 g/mol. The summed E-state index contributed by atoms with van der Waals surface area (Å²) in [4.78, 5) is -0.0803. The third-order valence-corrected chi connectivity index (χ3v) is 4.85. The van der Waals surface area contributed by atoms with Gasteiger partial charge in [-0.2, -0.15) is 0 Å². The van der Waals surface area contributed by atoms with Gasteiger partial charge in [-0.3, -0.25) is 4.72 Å². The minimum Gasteiger partial charge on any atom is -0.277 e. The molecule has 0 spiro atoms. The Labute approximate surface area is 126 Å². The molecule has 0 fully saturated rings. The first-order valence-electron chi connectivity index (χ1n) is 5.96. The monoisotopic (exact) mass is 331 g/mol. The summed E-state index contributed by atoms with van der Waals surface area (Å²) in [5, 5.41) is -0.192. The molecule has 3 nitrogen and oxygen atoms in total. The number of nitrogens with one attached hydrogen (secondary N) is 1. The molecule has 0 unspecified atom stereocenters. The molecule has 0 aliphatic rings. The summed E-state index contributed by atoms with van der Waals surface area (Å²) in [6.45, 7) is 2.94. The van der Waals surface area contributed by atoms with Gasteiger partial charge in [-0.25, -0.2) is 17.2 Å². The van der Waals surface area contributed by atoms with Crippen molar-refractivity contribution in [3.63, 3.8) is 0 Å². The van der Waals surface area contributed by atoms with Crippen LogP contribution in [0.3, 0.4) is 0 Å². The molecule has 2 aromatic carbocycles. The summed E-state index contributed by atoms with van der Waals surface area (Å²) in [7, 11) is -4.05. The summed E-state index contributed by atoms with van der Waals surface area (Å²) in [5.41, 5.74) is 0.218. The van der Waals surface area contributed by atoms with Crippen molar-refractivity contribution in [2.45, 2.75) is 18.7 Å². The van der Waals surface area contributed by atoms with E-state index in [0.29, 0.717) is 0 Å². The second-order valence-electron chi connectivity index (χ2n) is 4.58. The van der Waals surface area contributed by atoms with Crippen molar-refractivity contribution in [3.05, 3.63) is 58.1 Å². The fourth-order valence-electron chi connectivity index (χ4n) is 2.10. The molecule has 0 aromatic heterocycles. The molecule has 0 amide bonds. The Morgan fingerprint density at radius 2 is 1.67 bits per heavy atom. The Kier molecular flexibility index (Phi) is 4.20. The number of sulfonamides is 1. The van der Waals surface area contributed by atoms with Gasteiger partial charge < -0.3 is 0 Å². The van der Waals surface area contributed by atoms with E-state index in [1.807, 2.05) is 0 Å². The zero-order valence-electron chi connectivity index (χ0n) is 11.2. The summed E-state index contributed by atoms with van der Waals surface area (Å²) in [6, 6.07) is 6.20. The highest BCUT2D eigenvalue weighted by Gasteiger charge is 2.22. The van der Waals surface area contributed by atoms with Crippen molar-refractivity contribution < 1.29 is 17.2 Å². The van der Waals surface area contributed by atoms with Gasteiger partial charge in [-0.1, -0.05) is 17.7 Å². The lowest BCUT2D eigenvalue weighted by atomic mass is 10.1. The lowest BCUT2D eigenvalue weighted by molar-refractivity contribution is 0.595. The summed E-state index contributed by atoms with van der Waals surface area (Å²) in [6.07, 6.45) is 0. The van der Waals surface area contributed by atoms with E-state index in [9.17, 15) is 17.2 Å². The molecule has 0 atom stereocenters. The molecule has 0 aliphatic heterocycles. The summed E-state index contributed by atoms with van der Waals surface area (Å²) < 4.78 is 53.9. The molecule has 0 heterocycles. The first kappa shape index (κ1) is 15.7. The van der Waals surface area contributed by atoms with Crippen LogP contribution in [0.1, 0.15) is 11.1 Å². The molecule has 0 saturated heterocycles. The van der Waals surface area contributed by atoms with Crippen LogP contribution in [0.15, 0.2) is 35.2 Å². The van der Waals surface area contributed by atoms with Gasteiger partial charge >= 0.3 is 0 Å². The van der Waals surface area contributed by atoms with E-state index in [0.717, 1.165) is 12.1 Å². The average Bonchev–Trinajstić information content (AvgIpc) is 2.33. The lowest BCUT2D eigenvalue weighted by Crippen LogP contribution is -2.17. The van der Waals surface area contributed by atoms with E-state index in [4.69, 9.17) is 11.6 Å². The second-order valence-corrected chi connectivity index (χ2v) is 6.60. The maximum atomic E-state index is 13.8. The van der Waals surface area contributed by atoms with Gasteiger partial charge in [0.15, 0.2) is 5.82 Å². The van der Waals surface area contributed by atoms with Crippen molar-refractivity contribution in [3.8, 4) is 0 Å². The molecular formula is C14H12ClF2NO2S. The quantitative estimate of drug-likeness (QED) is 0.922. The minimum absolute atomic E-state index is 0.0803. The Morgan fingerprint density at radius 3 is 2.24 bits per heavy atom. The van der Waals surface area contributed by atoms with Crippen LogP contribution in [0.5, 0.6) is 0 Å². The normalized spacial score (nSPS) is 11.5. The van der Waals surface area contributed by atoms with Gasteiger partial charge in [0.25, 0.3) is 10.0 Å². The Morgan fingerprint density at radius 1 is 1.10 bits per heavy atom. The van der Waals surface area contributed by atoms with Gasteiger partial charge in [-0.05, 0) is 49.2 Å². The number of benzene rings is 2. The van der Waals surface area contributed by atoms with E-state index in [1.54, 1.807) is 0 Å². The smallest absolute Gasteiger partial charge is 0.262 e. The highest BCUT2D eigenvalue weighted by molar-refractivity contribution is 7.92. The number of hydrogen-bond acceptors (Lipinski definition) is 2. The van der Waals surface area contributed by atoms with Crippen LogP contribution in [0.4, 0.5) is 14.5 Å². The van der Waals surface area contributed by atoms with Crippen LogP contribution >= 0.6 is 11.6 Å². The molecule has 21 heavy (non-hydrogen) atoms. The lowest BCUT2D eigenvalue weighted by Gasteiger charge is -2.14. The molecule has 2 aromatic rings. The van der Waals surface area contributed by atoms with E-state index in [-0.39, 0.29) is 26.7 Å². The molecule has 0 bridgehead atoms. The van der Waals surface area contributed by atoms with Crippen molar-refractivity contribution >= 4 is 27.3 Å². The molecule has 112 valence electrons. The van der Waals surface area contributed by atoms with Crippen LogP contribution in [-0.2, 0) is 10.0 Å². The Balaban J connectivity index is 2.51. The van der Waals surface area contributed by atoms with Gasteiger partial charge in [-0.15, -0.1) is 0 Å². The first-order valence-corrected chi connectivity index (χ1v) is 7.82. The maximum absolute atomic E-state index is 13.8. The predicted molar refractivity (Wildman–Crippen MR) is 78.1 cm³/mol. The molecule has 2 rings (SSSR count). The predicted octanol–water partition coefficient (Wildman–Crippen LogP) is 4.04. The largest absolute Gasteiger partial charge is 0.277 e. The van der Waals surface area contributed by atoms with Gasteiger partial charge in [0.1, 0.15) is 5.82 Å². The Hall–Kier alpha value is -1.66. The fraction of sp³-hybridized carbons (Fsp3) is 0.143. The molecule has 0 aliphatic carbocycles. The first-order chi connectivity index (χ1) is 9.72. The minimum atomic E-state index is -4.05. The molecule has 1 N–H and O–H groups in total. The standard InChI is InChI=1S/C14H12ClF2NO2S/c1-8-6-10(16)7-9(2)14(8)21(19,20)18-12-5-3-4-11(15)13(12)17/h3-7,18H,1-2H3. The third-order valence-electron chi connectivity index (χ3n) is 2.89. The third kappa shape index (κ3) is 3.16. The van der Waals surface area contributed by atoms with Crippen molar-refractivity contribution in [2.75, 3.05) is 4.72 Å². The number of aryl methyl sites for hydroxylation is 2. The van der Waals surface area contributed by atoms with Crippen LogP contribution < -0.4 is 4.72 Å². The van der Waals surface area contributed by atoms with Crippen LogP contribution in [-0.4, -0.2) is 8.42 Å². The highest BCUT2D eigenvalue weighted by Crippen LogP contribution is 2.27. The number of halogens is 3. The second kappa shape index (κ2) is 5.61. The zero-order valence-corrected chi connectivity index (χ0v) is 12.8. The highest BCUT2D eigenvalue weighted by atomic mass is 35.5. The van der Waals surface area contributed by atoms with Crippen molar-refractivity contribution in [1.82, 2.24) is 0 Å². The van der Waals surface area contributed by atoms with E-state index < -0.39 is 21.7 Å². The summed E-state index contributed by atoms with van der Waals surface area (Å²) in [5.74, 6) is -1.39. The topological polar surface area (TPSA) is 46.2 Å². The zero-order chi connectivity index (χ0) is 15.8. The van der Waals surface area contributed by atoms with Crippen LogP contribution in [0.25, 0.3) is 0 Å². The number of anilines is 1. The van der Waals surface area contributed by atoms with Gasteiger partial charge in [0.05, 0.1) is 15.6 Å². The van der Waals surface area contributed by atoms with E-state index >= 15 is 0 Å². The van der Waals surface area contributed by atoms with Crippen molar-refractivity contribution in [1.29, 1.82) is 0 Å². The van der Waals surface area contributed by atoms with Gasteiger partial charge in [0, 0.05) is 0 Å². The number of rotatable bonds is 3. The Bertz CT molecular complexity index is 784. The van der Waals surface area contributed by atoms with Gasteiger partial charge in [0.2, 0.25) is 0 Å². The molecule has 0 radical (unpaired) electrons. The number of hydrogen-bond donors (Lipinski definition) is 1. The molecule has 7 heteroatoms. The molecular weight excluding hydrogens is 320 g/mol. The van der Waals surface area contributed by atoms with E-state index in [2.05, 4.69) is 4.72 Å². The SMILES string of the molecule is Cc1cc(F)cc(C)c1S(=O)(=O)Nc1cccc(Cl)c1F. The van der Waals surface area contributed by atoms with E-state index in [1.165, 1.54) is 32.0 Å². The van der Waals surface area contributed by atoms with Crippen molar-refractivity contribution in [2.24, 2.45) is 0 Å². The van der Waals surface area contributed by atoms with Crippen LogP contribution in [0.2, 0.25) is 5.02 Å².